The molecule has 0 saturated heterocycles. The van der Waals surface area contributed by atoms with Gasteiger partial charge in [0.1, 0.15) is 5.15 Å². The minimum Gasteiger partial charge on any atom is -0.351 e. The highest BCUT2D eigenvalue weighted by Gasteiger charge is 2.23. The van der Waals surface area contributed by atoms with Crippen LogP contribution in [0.15, 0.2) is 48.8 Å². The number of aromatic nitrogens is 3. The van der Waals surface area contributed by atoms with E-state index in [1.54, 1.807) is 17.8 Å². The van der Waals surface area contributed by atoms with E-state index in [4.69, 9.17) is 23.2 Å². The van der Waals surface area contributed by atoms with E-state index in [0.29, 0.717) is 40.4 Å². The fourth-order valence-corrected chi connectivity index (χ4v) is 3.84. The number of aryl methyl sites for hydroxylation is 1. The standard InChI is InChI=1S/C22H24Cl2N4O/c1-14(2)18(16-8-6-10-25-11-16)12-26-22(29)20-15(3)27-28(21(20)24)13-17-7-4-5-9-19(17)23/h4-11,14,18H,12-13H2,1-3H3,(H,26,29)/t18-/m0/s1. The van der Waals surface area contributed by atoms with Gasteiger partial charge >= 0.3 is 0 Å². The van der Waals surface area contributed by atoms with Crippen molar-refractivity contribution in [2.45, 2.75) is 33.2 Å². The van der Waals surface area contributed by atoms with E-state index in [-0.39, 0.29) is 11.8 Å². The molecule has 0 fully saturated rings. The van der Waals surface area contributed by atoms with Gasteiger partial charge in [-0.1, -0.05) is 61.3 Å². The number of amides is 1. The maximum atomic E-state index is 12.9. The van der Waals surface area contributed by atoms with Gasteiger partial charge in [0.2, 0.25) is 0 Å². The van der Waals surface area contributed by atoms with Crippen LogP contribution in [0.5, 0.6) is 0 Å². The number of nitrogens with zero attached hydrogens (tertiary/aromatic N) is 3. The molecule has 2 aromatic heterocycles. The Morgan fingerprint density at radius 3 is 2.59 bits per heavy atom. The van der Waals surface area contributed by atoms with Crippen molar-refractivity contribution in [2.75, 3.05) is 6.54 Å². The lowest BCUT2D eigenvalue weighted by atomic mass is 9.89. The summed E-state index contributed by atoms with van der Waals surface area (Å²) in [6, 6.07) is 11.4. The molecule has 5 nitrogen and oxygen atoms in total. The van der Waals surface area contributed by atoms with Crippen LogP contribution in [0.3, 0.4) is 0 Å². The molecule has 0 spiro atoms. The van der Waals surface area contributed by atoms with Gasteiger partial charge in [0.25, 0.3) is 5.91 Å². The van der Waals surface area contributed by atoms with Gasteiger partial charge in [-0.05, 0) is 36.1 Å². The minimum atomic E-state index is -0.229. The first-order valence-corrected chi connectivity index (χ1v) is 10.3. The molecule has 0 saturated carbocycles. The molecule has 7 heteroatoms. The van der Waals surface area contributed by atoms with Crippen LogP contribution in [0.25, 0.3) is 0 Å². The van der Waals surface area contributed by atoms with Crippen LogP contribution < -0.4 is 5.32 Å². The van der Waals surface area contributed by atoms with Gasteiger partial charge in [-0.2, -0.15) is 5.10 Å². The summed E-state index contributed by atoms with van der Waals surface area (Å²) in [5, 5.41) is 8.41. The van der Waals surface area contributed by atoms with Crippen molar-refractivity contribution in [2.24, 2.45) is 5.92 Å². The monoisotopic (exact) mass is 430 g/mol. The molecule has 1 aromatic carbocycles. The second kappa shape index (κ2) is 9.42. The molecule has 29 heavy (non-hydrogen) atoms. The zero-order valence-electron chi connectivity index (χ0n) is 16.7. The predicted octanol–water partition coefficient (Wildman–Crippen LogP) is 5.11. The molecule has 1 amide bonds. The number of pyridine rings is 1. The van der Waals surface area contributed by atoms with Crippen LogP contribution in [-0.4, -0.2) is 27.2 Å². The first-order valence-electron chi connectivity index (χ1n) is 9.53. The first kappa shape index (κ1) is 21.3. The van der Waals surface area contributed by atoms with Crippen molar-refractivity contribution in [1.29, 1.82) is 0 Å². The highest BCUT2D eigenvalue weighted by molar-refractivity contribution is 6.33. The summed E-state index contributed by atoms with van der Waals surface area (Å²) in [4.78, 5) is 17.1. The normalized spacial score (nSPS) is 12.2. The Kier molecular flexibility index (Phi) is 6.93. The van der Waals surface area contributed by atoms with Crippen LogP contribution in [0, 0.1) is 12.8 Å². The number of hydrogen-bond acceptors (Lipinski definition) is 3. The number of nitrogens with one attached hydrogen (secondary N) is 1. The summed E-state index contributed by atoms with van der Waals surface area (Å²) in [6.45, 7) is 6.93. The average Bonchev–Trinajstić information content (AvgIpc) is 2.97. The lowest BCUT2D eigenvalue weighted by Crippen LogP contribution is -2.30. The number of carbonyl (C=O) groups excluding carboxylic acids is 1. The summed E-state index contributed by atoms with van der Waals surface area (Å²) in [7, 11) is 0. The van der Waals surface area contributed by atoms with Crippen LogP contribution in [0.1, 0.15) is 46.9 Å². The van der Waals surface area contributed by atoms with Crippen LogP contribution in [0.4, 0.5) is 0 Å². The molecule has 3 aromatic rings. The number of rotatable bonds is 7. The van der Waals surface area contributed by atoms with E-state index in [1.165, 1.54) is 0 Å². The Morgan fingerprint density at radius 1 is 1.17 bits per heavy atom. The van der Waals surface area contributed by atoms with E-state index >= 15 is 0 Å². The molecule has 0 aliphatic rings. The highest BCUT2D eigenvalue weighted by atomic mass is 35.5. The van der Waals surface area contributed by atoms with Crippen LogP contribution in [-0.2, 0) is 6.54 Å². The molecule has 0 unspecified atom stereocenters. The highest BCUT2D eigenvalue weighted by Crippen LogP contribution is 2.25. The van der Waals surface area contributed by atoms with Crippen molar-refractivity contribution in [3.8, 4) is 0 Å². The maximum absolute atomic E-state index is 12.9. The lowest BCUT2D eigenvalue weighted by Gasteiger charge is -2.21. The number of hydrogen-bond donors (Lipinski definition) is 1. The third-order valence-electron chi connectivity index (χ3n) is 4.97. The number of benzene rings is 1. The van der Waals surface area contributed by atoms with E-state index in [0.717, 1.165) is 11.1 Å². The molecular formula is C22H24Cl2N4O. The third-order valence-corrected chi connectivity index (χ3v) is 5.72. The quantitative estimate of drug-likeness (QED) is 0.566. The summed E-state index contributed by atoms with van der Waals surface area (Å²) in [5.74, 6) is 0.274. The molecular weight excluding hydrogens is 407 g/mol. The predicted molar refractivity (Wildman–Crippen MR) is 117 cm³/mol. The zero-order valence-corrected chi connectivity index (χ0v) is 18.2. The zero-order chi connectivity index (χ0) is 21.0. The van der Waals surface area contributed by atoms with E-state index in [9.17, 15) is 4.79 Å². The van der Waals surface area contributed by atoms with E-state index in [2.05, 4.69) is 29.2 Å². The smallest absolute Gasteiger partial charge is 0.256 e. The van der Waals surface area contributed by atoms with Gasteiger partial charge in [0.05, 0.1) is 17.8 Å². The number of halogens is 2. The molecule has 152 valence electrons. The van der Waals surface area contributed by atoms with E-state index in [1.807, 2.05) is 42.6 Å². The molecule has 0 aliphatic heterocycles. The van der Waals surface area contributed by atoms with Crippen molar-refractivity contribution in [3.63, 3.8) is 0 Å². The van der Waals surface area contributed by atoms with Crippen molar-refractivity contribution >= 4 is 29.1 Å². The van der Waals surface area contributed by atoms with Gasteiger partial charge in [-0.25, -0.2) is 4.68 Å². The van der Waals surface area contributed by atoms with Gasteiger partial charge in [0.15, 0.2) is 0 Å². The molecule has 1 N–H and O–H groups in total. The topological polar surface area (TPSA) is 59.8 Å². The van der Waals surface area contributed by atoms with Crippen molar-refractivity contribution in [3.05, 3.63) is 81.4 Å². The number of carbonyl (C=O) groups is 1. The minimum absolute atomic E-state index is 0.157. The summed E-state index contributed by atoms with van der Waals surface area (Å²) >= 11 is 12.7. The third kappa shape index (κ3) is 4.98. The van der Waals surface area contributed by atoms with Crippen molar-refractivity contribution in [1.82, 2.24) is 20.1 Å². The molecule has 1 atom stereocenters. The van der Waals surface area contributed by atoms with Gasteiger partial charge < -0.3 is 5.32 Å². The summed E-state index contributed by atoms with van der Waals surface area (Å²) in [6.07, 6.45) is 3.59. The van der Waals surface area contributed by atoms with E-state index < -0.39 is 0 Å². The summed E-state index contributed by atoms with van der Waals surface area (Å²) in [5.41, 5.74) is 2.97. The second-order valence-corrected chi connectivity index (χ2v) is 8.11. The largest absolute Gasteiger partial charge is 0.351 e. The molecule has 0 bridgehead atoms. The van der Waals surface area contributed by atoms with Gasteiger partial charge in [-0.3, -0.25) is 9.78 Å². The first-order chi connectivity index (χ1) is 13.9. The maximum Gasteiger partial charge on any atom is 0.256 e. The van der Waals surface area contributed by atoms with Crippen molar-refractivity contribution < 1.29 is 4.79 Å². The van der Waals surface area contributed by atoms with Crippen LogP contribution in [0.2, 0.25) is 10.2 Å². The second-order valence-electron chi connectivity index (χ2n) is 7.35. The lowest BCUT2D eigenvalue weighted by molar-refractivity contribution is 0.0948. The van der Waals surface area contributed by atoms with Gasteiger partial charge in [-0.15, -0.1) is 0 Å². The Morgan fingerprint density at radius 2 is 1.93 bits per heavy atom. The molecule has 2 heterocycles. The molecule has 0 radical (unpaired) electrons. The summed E-state index contributed by atoms with van der Waals surface area (Å²) < 4.78 is 1.61. The SMILES string of the molecule is Cc1nn(Cc2ccccc2Cl)c(Cl)c1C(=O)NC[C@H](c1cccnc1)C(C)C. The fourth-order valence-electron chi connectivity index (χ4n) is 3.33. The Balaban J connectivity index is 1.76. The molecule has 3 rings (SSSR count). The van der Waals surface area contributed by atoms with Crippen LogP contribution >= 0.6 is 23.2 Å². The Labute approximate surface area is 181 Å². The Hall–Kier alpha value is -2.37. The Bertz CT molecular complexity index is 986. The fraction of sp³-hybridized carbons (Fsp3) is 0.318. The molecule has 0 aliphatic carbocycles. The van der Waals surface area contributed by atoms with Gasteiger partial charge in [0, 0.05) is 29.9 Å². The average molecular weight is 431 g/mol.